The van der Waals surface area contributed by atoms with Crippen molar-refractivity contribution in [2.45, 2.75) is 19.0 Å². The first-order valence-corrected chi connectivity index (χ1v) is 4.43. The maximum Gasteiger partial charge on any atom is 0.393 e. The highest BCUT2D eigenvalue weighted by Gasteiger charge is 2.31. The van der Waals surface area contributed by atoms with Gasteiger partial charge in [0.1, 0.15) is 0 Å². The van der Waals surface area contributed by atoms with E-state index in [0.29, 0.717) is 11.3 Å². The lowest BCUT2D eigenvalue weighted by atomic mass is 10.0. The fourth-order valence-electron chi connectivity index (χ4n) is 1.70. The third-order valence-electron chi connectivity index (χ3n) is 2.28. The van der Waals surface area contributed by atoms with Crippen molar-refractivity contribution in [3.8, 4) is 0 Å². The molecule has 0 atom stereocenters. The van der Waals surface area contributed by atoms with E-state index in [-0.39, 0.29) is 17.9 Å². The van der Waals surface area contributed by atoms with Crippen molar-refractivity contribution in [3.05, 3.63) is 29.3 Å². The lowest BCUT2D eigenvalue weighted by Crippen LogP contribution is -2.13. The number of rotatable bonds is 1. The molecule has 1 N–H and O–H groups in total. The Balaban J connectivity index is 2.35. The van der Waals surface area contributed by atoms with Gasteiger partial charge in [0.25, 0.3) is 0 Å². The molecule has 1 aliphatic heterocycles. The Morgan fingerprint density at radius 2 is 2.07 bits per heavy atom. The second-order valence-corrected chi connectivity index (χ2v) is 3.46. The summed E-state index contributed by atoms with van der Waals surface area (Å²) in [6.07, 6.45) is -5.17. The molecular weight excluding hydrogens is 207 g/mol. The first-order valence-electron chi connectivity index (χ1n) is 4.43. The van der Waals surface area contributed by atoms with E-state index in [2.05, 4.69) is 5.32 Å². The topological polar surface area (TPSA) is 29.1 Å². The van der Waals surface area contributed by atoms with Crippen molar-refractivity contribution in [1.82, 2.24) is 0 Å². The standard InChI is InChI=1S/C10H8F3NO/c11-10(12,13)5-6-2-1-3-8-7(6)4-9(15)14-8/h1-3H,4-5H2,(H,14,15). The van der Waals surface area contributed by atoms with Gasteiger partial charge in [-0.3, -0.25) is 4.79 Å². The van der Waals surface area contributed by atoms with E-state index in [1.165, 1.54) is 12.1 Å². The summed E-state index contributed by atoms with van der Waals surface area (Å²) in [7, 11) is 0. The number of fused-ring (bicyclic) bond motifs is 1. The van der Waals surface area contributed by atoms with Crippen LogP contribution in [0.4, 0.5) is 18.9 Å². The van der Waals surface area contributed by atoms with Gasteiger partial charge in [0.05, 0.1) is 12.8 Å². The summed E-state index contributed by atoms with van der Waals surface area (Å²) in [6.45, 7) is 0. The van der Waals surface area contributed by atoms with Crippen LogP contribution in [0.3, 0.4) is 0 Å². The Kier molecular flexibility index (Phi) is 2.17. The minimum atomic E-state index is -4.24. The van der Waals surface area contributed by atoms with E-state index >= 15 is 0 Å². The summed E-state index contributed by atoms with van der Waals surface area (Å²) >= 11 is 0. The molecule has 0 aliphatic carbocycles. The van der Waals surface area contributed by atoms with E-state index in [1.54, 1.807) is 6.07 Å². The van der Waals surface area contributed by atoms with Crippen LogP contribution < -0.4 is 5.32 Å². The molecule has 80 valence electrons. The Bertz CT molecular complexity index is 412. The van der Waals surface area contributed by atoms with Gasteiger partial charge in [-0.05, 0) is 17.2 Å². The van der Waals surface area contributed by atoms with Crippen LogP contribution >= 0.6 is 0 Å². The van der Waals surface area contributed by atoms with Crippen LogP contribution in [-0.4, -0.2) is 12.1 Å². The fraction of sp³-hybridized carbons (Fsp3) is 0.300. The molecule has 15 heavy (non-hydrogen) atoms. The van der Waals surface area contributed by atoms with Gasteiger partial charge in [-0.1, -0.05) is 12.1 Å². The highest BCUT2D eigenvalue weighted by atomic mass is 19.4. The van der Waals surface area contributed by atoms with Crippen LogP contribution in [0.5, 0.6) is 0 Å². The molecule has 0 bridgehead atoms. The number of halogens is 3. The van der Waals surface area contributed by atoms with E-state index < -0.39 is 12.6 Å². The summed E-state index contributed by atoms with van der Waals surface area (Å²) in [5, 5.41) is 2.52. The predicted octanol–water partition coefficient (Wildman–Crippen LogP) is 2.29. The summed E-state index contributed by atoms with van der Waals surface area (Å²) < 4.78 is 36.6. The Labute approximate surface area is 84.1 Å². The summed E-state index contributed by atoms with van der Waals surface area (Å²) in [6, 6.07) is 4.54. The maximum atomic E-state index is 12.2. The molecule has 0 spiro atoms. The molecule has 0 aromatic heterocycles. The highest BCUT2D eigenvalue weighted by Crippen LogP contribution is 2.30. The van der Waals surface area contributed by atoms with E-state index in [1.807, 2.05) is 0 Å². The largest absolute Gasteiger partial charge is 0.393 e. The number of carbonyl (C=O) groups excluding carboxylic acids is 1. The minimum Gasteiger partial charge on any atom is -0.326 e. The van der Waals surface area contributed by atoms with Gasteiger partial charge in [0.15, 0.2) is 0 Å². The van der Waals surface area contributed by atoms with Crippen LogP contribution in [0.2, 0.25) is 0 Å². The van der Waals surface area contributed by atoms with Crippen LogP contribution in [-0.2, 0) is 17.6 Å². The van der Waals surface area contributed by atoms with E-state index in [9.17, 15) is 18.0 Å². The zero-order valence-corrected chi connectivity index (χ0v) is 7.69. The molecule has 0 unspecified atom stereocenters. The predicted molar refractivity (Wildman–Crippen MR) is 48.5 cm³/mol. The monoisotopic (exact) mass is 215 g/mol. The molecule has 2 nitrogen and oxygen atoms in total. The average Bonchev–Trinajstić information content (AvgIpc) is 2.43. The number of anilines is 1. The Hall–Kier alpha value is -1.52. The van der Waals surface area contributed by atoms with E-state index in [4.69, 9.17) is 0 Å². The van der Waals surface area contributed by atoms with Gasteiger partial charge in [-0.2, -0.15) is 13.2 Å². The molecule has 1 aromatic rings. The Morgan fingerprint density at radius 3 is 2.73 bits per heavy atom. The summed E-state index contributed by atoms with van der Waals surface area (Å²) in [5.74, 6) is -0.250. The van der Waals surface area contributed by atoms with Gasteiger partial charge in [0.2, 0.25) is 5.91 Å². The minimum absolute atomic E-state index is 0.0432. The SMILES string of the molecule is O=C1Cc2c(CC(F)(F)F)cccc2N1. The molecule has 1 aliphatic rings. The van der Waals surface area contributed by atoms with Gasteiger partial charge in [-0.15, -0.1) is 0 Å². The summed E-state index contributed by atoms with van der Waals surface area (Å²) in [5.41, 5.74) is 1.15. The first kappa shape index (κ1) is 10.0. The normalized spacial score (nSPS) is 15.0. The molecule has 1 aromatic carbocycles. The van der Waals surface area contributed by atoms with Crippen molar-refractivity contribution in [2.24, 2.45) is 0 Å². The second kappa shape index (κ2) is 3.25. The van der Waals surface area contributed by atoms with Gasteiger partial charge < -0.3 is 5.32 Å². The van der Waals surface area contributed by atoms with Crippen molar-refractivity contribution in [2.75, 3.05) is 5.32 Å². The number of benzene rings is 1. The molecule has 0 radical (unpaired) electrons. The van der Waals surface area contributed by atoms with Gasteiger partial charge >= 0.3 is 6.18 Å². The first-order chi connectivity index (χ1) is 6.96. The molecule has 0 saturated carbocycles. The molecule has 0 fully saturated rings. The third-order valence-corrected chi connectivity index (χ3v) is 2.28. The van der Waals surface area contributed by atoms with Crippen LogP contribution in [0, 0.1) is 0 Å². The number of hydrogen-bond acceptors (Lipinski definition) is 1. The maximum absolute atomic E-state index is 12.2. The van der Waals surface area contributed by atoms with Crippen molar-refractivity contribution >= 4 is 11.6 Å². The molecule has 1 amide bonds. The second-order valence-electron chi connectivity index (χ2n) is 3.46. The number of nitrogens with one attached hydrogen (secondary N) is 1. The van der Waals surface area contributed by atoms with E-state index in [0.717, 1.165) is 0 Å². The third kappa shape index (κ3) is 2.11. The number of amides is 1. The highest BCUT2D eigenvalue weighted by molar-refractivity contribution is 5.99. The summed E-state index contributed by atoms with van der Waals surface area (Å²) in [4.78, 5) is 11.0. The van der Waals surface area contributed by atoms with Crippen molar-refractivity contribution in [1.29, 1.82) is 0 Å². The fourth-order valence-corrected chi connectivity index (χ4v) is 1.70. The molecule has 0 saturated heterocycles. The molecule has 2 rings (SSSR count). The van der Waals surface area contributed by atoms with Crippen LogP contribution in [0.25, 0.3) is 0 Å². The number of carbonyl (C=O) groups is 1. The number of hydrogen-bond donors (Lipinski definition) is 1. The molecule has 5 heteroatoms. The van der Waals surface area contributed by atoms with Crippen LogP contribution in [0.1, 0.15) is 11.1 Å². The zero-order chi connectivity index (χ0) is 11.1. The average molecular weight is 215 g/mol. The van der Waals surface area contributed by atoms with Crippen molar-refractivity contribution < 1.29 is 18.0 Å². The quantitative estimate of drug-likeness (QED) is 0.765. The number of alkyl halides is 3. The smallest absolute Gasteiger partial charge is 0.326 e. The van der Waals surface area contributed by atoms with Crippen LogP contribution in [0.15, 0.2) is 18.2 Å². The van der Waals surface area contributed by atoms with Gasteiger partial charge in [-0.25, -0.2) is 0 Å². The molecular formula is C10H8F3NO. The van der Waals surface area contributed by atoms with Crippen molar-refractivity contribution in [3.63, 3.8) is 0 Å². The molecule has 1 heterocycles. The zero-order valence-electron chi connectivity index (χ0n) is 7.69. The lowest BCUT2D eigenvalue weighted by molar-refractivity contribution is -0.127. The lowest BCUT2D eigenvalue weighted by Gasteiger charge is -2.09. The Morgan fingerprint density at radius 1 is 1.33 bits per heavy atom. The van der Waals surface area contributed by atoms with Gasteiger partial charge in [0, 0.05) is 5.69 Å².